The number of carbonyl (C=O) groups excluding carboxylic acids is 1. The number of amides is 1. The van der Waals surface area contributed by atoms with Crippen molar-refractivity contribution in [3.63, 3.8) is 0 Å². The maximum absolute atomic E-state index is 13.8. The first-order chi connectivity index (χ1) is 9.41. The average molecular weight is 280 g/mol. The van der Waals surface area contributed by atoms with Crippen LogP contribution in [0.5, 0.6) is 0 Å². The molecule has 2 unspecified atom stereocenters. The zero-order valence-electron chi connectivity index (χ0n) is 11.6. The Morgan fingerprint density at radius 2 is 2.10 bits per heavy atom. The van der Waals surface area contributed by atoms with Gasteiger partial charge in [-0.1, -0.05) is 0 Å². The van der Waals surface area contributed by atoms with Gasteiger partial charge in [-0.15, -0.1) is 0 Å². The highest BCUT2D eigenvalue weighted by molar-refractivity contribution is 5.95. The van der Waals surface area contributed by atoms with E-state index in [1.54, 1.807) is 4.90 Å². The second kappa shape index (κ2) is 4.52. The van der Waals surface area contributed by atoms with Crippen molar-refractivity contribution in [3.05, 3.63) is 35.4 Å². The van der Waals surface area contributed by atoms with E-state index in [1.807, 2.05) is 13.8 Å². The van der Waals surface area contributed by atoms with E-state index in [2.05, 4.69) is 5.32 Å². The Labute approximate surface area is 117 Å². The Balaban J connectivity index is 1.91. The minimum Gasteiger partial charge on any atom is -0.333 e. The number of nitrogens with one attached hydrogen (secondary N) is 1. The lowest BCUT2D eigenvalue weighted by Crippen LogP contribution is -2.47. The fourth-order valence-corrected chi connectivity index (χ4v) is 3.57. The second-order valence-corrected chi connectivity index (χ2v) is 6.22. The predicted octanol–water partition coefficient (Wildman–Crippen LogP) is 2.03. The molecule has 2 saturated heterocycles. The Bertz CT molecular complexity index is 559. The summed E-state index contributed by atoms with van der Waals surface area (Å²) < 4.78 is 26.8. The van der Waals surface area contributed by atoms with E-state index in [-0.39, 0.29) is 17.0 Å². The Morgan fingerprint density at radius 3 is 2.75 bits per heavy atom. The highest BCUT2D eigenvalue weighted by Gasteiger charge is 2.51. The number of hydrogen-bond donors (Lipinski definition) is 1. The fraction of sp³-hybridized carbons (Fsp3) is 0.533. The molecule has 1 aromatic carbocycles. The standard InChI is InChI=1S/C15H18F2N2O/c1-15(2)12-7-18-6-9(12)8-19(15)14(20)11-4-3-10(16)5-13(11)17/h3-5,9,12,18H,6-8H2,1-2H3. The van der Waals surface area contributed by atoms with Crippen molar-refractivity contribution >= 4 is 5.91 Å². The molecule has 2 fully saturated rings. The van der Waals surface area contributed by atoms with Crippen LogP contribution < -0.4 is 5.32 Å². The highest BCUT2D eigenvalue weighted by Crippen LogP contribution is 2.41. The number of halogens is 2. The minimum atomic E-state index is -0.791. The fourth-order valence-electron chi connectivity index (χ4n) is 3.57. The van der Waals surface area contributed by atoms with E-state index in [1.165, 1.54) is 6.07 Å². The molecule has 0 saturated carbocycles. The van der Waals surface area contributed by atoms with Crippen molar-refractivity contribution in [3.8, 4) is 0 Å². The third kappa shape index (κ3) is 1.92. The van der Waals surface area contributed by atoms with E-state index in [0.29, 0.717) is 18.4 Å². The van der Waals surface area contributed by atoms with Gasteiger partial charge in [0.1, 0.15) is 11.6 Å². The first kappa shape index (κ1) is 13.5. The van der Waals surface area contributed by atoms with Crippen molar-refractivity contribution in [2.75, 3.05) is 19.6 Å². The minimum absolute atomic E-state index is 0.0487. The van der Waals surface area contributed by atoms with Crippen LogP contribution in [-0.2, 0) is 0 Å². The maximum Gasteiger partial charge on any atom is 0.257 e. The monoisotopic (exact) mass is 280 g/mol. The molecule has 5 heteroatoms. The van der Waals surface area contributed by atoms with Gasteiger partial charge in [-0.05, 0) is 37.8 Å². The molecule has 108 valence electrons. The molecule has 0 spiro atoms. The number of nitrogens with zero attached hydrogens (tertiary/aromatic N) is 1. The molecular weight excluding hydrogens is 262 g/mol. The SMILES string of the molecule is CC1(C)C2CNCC2CN1C(=O)c1ccc(F)cc1F. The first-order valence-electron chi connectivity index (χ1n) is 6.89. The van der Waals surface area contributed by atoms with Gasteiger partial charge in [-0.25, -0.2) is 8.78 Å². The van der Waals surface area contributed by atoms with E-state index in [4.69, 9.17) is 0 Å². The molecule has 2 heterocycles. The molecule has 2 aliphatic heterocycles. The Kier molecular flexibility index (Phi) is 3.05. The van der Waals surface area contributed by atoms with E-state index in [9.17, 15) is 13.6 Å². The van der Waals surface area contributed by atoms with Crippen LogP contribution in [0, 0.1) is 23.5 Å². The summed E-state index contributed by atoms with van der Waals surface area (Å²) in [5.74, 6) is -1.00. The van der Waals surface area contributed by atoms with Gasteiger partial charge in [0.05, 0.1) is 5.56 Å². The van der Waals surface area contributed by atoms with Crippen LogP contribution in [0.25, 0.3) is 0 Å². The average Bonchev–Trinajstić information content (AvgIpc) is 2.91. The maximum atomic E-state index is 13.8. The molecule has 3 nitrogen and oxygen atoms in total. The number of likely N-dealkylation sites (tertiary alicyclic amines) is 1. The number of fused-ring (bicyclic) bond motifs is 1. The molecule has 0 bridgehead atoms. The second-order valence-electron chi connectivity index (χ2n) is 6.22. The van der Waals surface area contributed by atoms with Crippen molar-refractivity contribution < 1.29 is 13.6 Å². The molecular formula is C15H18F2N2O. The van der Waals surface area contributed by atoms with Gasteiger partial charge >= 0.3 is 0 Å². The molecule has 0 aliphatic carbocycles. The van der Waals surface area contributed by atoms with Gasteiger partial charge in [-0.2, -0.15) is 0 Å². The first-order valence-corrected chi connectivity index (χ1v) is 6.89. The molecule has 0 radical (unpaired) electrons. The summed E-state index contributed by atoms with van der Waals surface area (Å²) in [5.41, 5.74) is -0.362. The molecule has 2 atom stereocenters. The van der Waals surface area contributed by atoms with Crippen molar-refractivity contribution in [1.29, 1.82) is 0 Å². The van der Waals surface area contributed by atoms with Gasteiger partial charge in [0, 0.05) is 31.2 Å². The van der Waals surface area contributed by atoms with Crippen LogP contribution in [0.2, 0.25) is 0 Å². The molecule has 0 aromatic heterocycles. The van der Waals surface area contributed by atoms with Crippen LogP contribution in [0.1, 0.15) is 24.2 Å². The largest absolute Gasteiger partial charge is 0.333 e. The highest BCUT2D eigenvalue weighted by atomic mass is 19.1. The molecule has 1 N–H and O–H groups in total. The lowest BCUT2D eigenvalue weighted by Gasteiger charge is -2.35. The molecule has 1 aromatic rings. The van der Waals surface area contributed by atoms with E-state index in [0.717, 1.165) is 25.2 Å². The summed E-state index contributed by atoms with van der Waals surface area (Å²) >= 11 is 0. The van der Waals surface area contributed by atoms with Gasteiger partial charge < -0.3 is 10.2 Å². The van der Waals surface area contributed by atoms with Crippen LogP contribution >= 0.6 is 0 Å². The Hall–Kier alpha value is -1.49. The number of rotatable bonds is 1. The smallest absolute Gasteiger partial charge is 0.257 e. The summed E-state index contributed by atoms with van der Waals surface area (Å²) in [4.78, 5) is 14.3. The summed E-state index contributed by atoms with van der Waals surface area (Å²) in [6.07, 6.45) is 0. The van der Waals surface area contributed by atoms with E-state index >= 15 is 0 Å². The summed E-state index contributed by atoms with van der Waals surface area (Å²) in [5, 5.41) is 3.34. The normalized spacial score (nSPS) is 27.7. The molecule has 1 amide bonds. The van der Waals surface area contributed by atoms with Gasteiger partial charge in [0.15, 0.2) is 0 Å². The summed E-state index contributed by atoms with van der Waals surface area (Å²) in [6, 6.07) is 3.12. The summed E-state index contributed by atoms with van der Waals surface area (Å²) in [6.45, 7) is 6.44. The third-order valence-electron chi connectivity index (χ3n) is 4.77. The van der Waals surface area contributed by atoms with Gasteiger partial charge in [0.25, 0.3) is 5.91 Å². The predicted molar refractivity (Wildman–Crippen MR) is 71.3 cm³/mol. The van der Waals surface area contributed by atoms with E-state index < -0.39 is 11.6 Å². The number of hydrogen-bond acceptors (Lipinski definition) is 2. The molecule has 2 aliphatic rings. The summed E-state index contributed by atoms with van der Waals surface area (Å²) in [7, 11) is 0. The molecule has 20 heavy (non-hydrogen) atoms. The third-order valence-corrected chi connectivity index (χ3v) is 4.77. The van der Waals surface area contributed by atoms with Crippen molar-refractivity contribution in [2.24, 2.45) is 11.8 Å². The lowest BCUT2D eigenvalue weighted by atomic mass is 9.84. The zero-order valence-corrected chi connectivity index (χ0v) is 11.6. The van der Waals surface area contributed by atoms with Crippen LogP contribution in [0.3, 0.4) is 0 Å². The topological polar surface area (TPSA) is 32.3 Å². The lowest BCUT2D eigenvalue weighted by molar-refractivity contribution is 0.0598. The van der Waals surface area contributed by atoms with Crippen molar-refractivity contribution in [1.82, 2.24) is 10.2 Å². The van der Waals surface area contributed by atoms with Crippen LogP contribution in [0.15, 0.2) is 18.2 Å². The number of carbonyl (C=O) groups is 1. The van der Waals surface area contributed by atoms with Crippen molar-refractivity contribution in [2.45, 2.75) is 19.4 Å². The Morgan fingerprint density at radius 1 is 1.35 bits per heavy atom. The zero-order chi connectivity index (χ0) is 14.5. The number of benzene rings is 1. The van der Waals surface area contributed by atoms with Crippen LogP contribution in [-0.4, -0.2) is 36.0 Å². The van der Waals surface area contributed by atoms with Gasteiger partial charge in [0.2, 0.25) is 0 Å². The van der Waals surface area contributed by atoms with Gasteiger partial charge in [-0.3, -0.25) is 4.79 Å². The molecule has 3 rings (SSSR count). The quantitative estimate of drug-likeness (QED) is 0.853. The van der Waals surface area contributed by atoms with Crippen LogP contribution in [0.4, 0.5) is 8.78 Å².